The molecular weight excluding hydrogens is 398 g/mol. The van der Waals surface area contributed by atoms with Crippen LogP contribution in [0.1, 0.15) is 24.1 Å². The number of aliphatic hydroxyl groups is 2. The number of fused-ring (bicyclic) bond motifs is 1. The van der Waals surface area contributed by atoms with Crippen molar-refractivity contribution < 1.29 is 24.5 Å². The molecule has 2 atom stereocenters. The number of hydrogen-bond donors (Lipinski definition) is 2. The van der Waals surface area contributed by atoms with Crippen molar-refractivity contribution >= 4 is 12.0 Å². The molecule has 0 fully saturated rings. The highest BCUT2D eigenvalue weighted by atomic mass is 16.5. The Kier molecular flexibility index (Phi) is 8.63. The van der Waals surface area contributed by atoms with Gasteiger partial charge in [0.05, 0.1) is 24.9 Å². The lowest BCUT2D eigenvalue weighted by Crippen LogP contribution is -2.38. The zero-order chi connectivity index (χ0) is 22.1. The lowest BCUT2D eigenvalue weighted by molar-refractivity contribution is -0.127. The van der Waals surface area contributed by atoms with E-state index >= 15 is 0 Å². The highest BCUT2D eigenvalue weighted by Crippen LogP contribution is 2.20. The van der Waals surface area contributed by atoms with E-state index in [1.165, 1.54) is 6.08 Å². The van der Waals surface area contributed by atoms with E-state index in [-0.39, 0.29) is 25.5 Å². The molecule has 0 saturated carbocycles. The second kappa shape index (κ2) is 11.6. The minimum Gasteiger partial charge on any atom is -0.491 e. The van der Waals surface area contributed by atoms with Gasteiger partial charge in [0.2, 0.25) is 5.91 Å². The van der Waals surface area contributed by atoms with Crippen molar-refractivity contribution in [3.05, 3.63) is 53.9 Å². The summed E-state index contributed by atoms with van der Waals surface area (Å²) in [5.41, 5.74) is 1.89. The number of amides is 1. The first-order chi connectivity index (χ1) is 15.0. The molecule has 31 heavy (non-hydrogen) atoms. The van der Waals surface area contributed by atoms with E-state index in [2.05, 4.69) is 5.10 Å². The fourth-order valence-electron chi connectivity index (χ4n) is 3.42. The average Bonchev–Trinajstić information content (AvgIpc) is 3.18. The largest absolute Gasteiger partial charge is 0.491 e. The van der Waals surface area contributed by atoms with Gasteiger partial charge in [-0.05, 0) is 43.0 Å². The first-order valence-electron chi connectivity index (χ1n) is 10.6. The number of carbonyl (C=O) groups is 1. The Morgan fingerprint density at radius 1 is 1.16 bits per heavy atom. The molecule has 2 heterocycles. The summed E-state index contributed by atoms with van der Waals surface area (Å²) in [5, 5.41) is 24.5. The molecular formula is C23H31N3O5. The van der Waals surface area contributed by atoms with E-state index in [0.29, 0.717) is 19.8 Å². The van der Waals surface area contributed by atoms with Gasteiger partial charge >= 0.3 is 0 Å². The summed E-state index contributed by atoms with van der Waals surface area (Å²) in [5.74, 6) is 0.607. The average molecular weight is 430 g/mol. The molecule has 1 aromatic carbocycles. The summed E-state index contributed by atoms with van der Waals surface area (Å²) in [7, 11) is 1.81. The first kappa shape index (κ1) is 23.0. The van der Waals surface area contributed by atoms with Crippen molar-refractivity contribution in [3.63, 3.8) is 0 Å². The maximum absolute atomic E-state index is 12.8. The number of benzene rings is 1. The van der Waals surface area contributed by atoms with Crippen LogP contribution in [0.25, 0.3) is 6.08 Å². The van der Waals surface area contributed by atoms with Gasteiger partial charge in [0.15, 0.2) is 0 Å². The lowest BCUT2D eigenvalue weighted by atomic mass is 10.1. The van der Waals surface area contributed by atoms with Crippen LogP contribution in [0.4, 0.5) is 0 Å². The van der Waals surface area contributed by atoms with E-state index in [4.69, 9.17) is 9.47 Å². The molecule has 1 amide bonds. The van der Waals surface area contributed by atoms with Crippen molar-refractivity contribution in [2.45, 2.75) is 31.5 Å². The Morgan fingerprint density at radius 3 is 2.81 bits per heavy atom. The van der Waals surface area contributed by atoms with Crippen molar-refractivity contribution in [1.82, 2.24) is 14.7 Å². The highest BCUT2D eigenvalue weighted by Gasteiger charge is 2.20. The van der Waals surface area contributed by atoms with Crippen molar-refractivity contribution in [1.29, 1.82) is 0 Å². The summed E-state index contributed by atoms with van der Waals surface area (Å²) in [6, 6.07) is 9.66. The van der Waals surface area contributed by atoms with Gasteiger partial charge in [-0.15, -0.1) is 0 Å². The number of nitrogens with zero attached hydrogens (tertiary/aromatic N) is 3. The van der Waals surface area contributed by atoms with Gasteiger partial charge in [0.1, 0.15) is 18.5 Å². The third kappa shape index (κ3) is 6.92. The van der Waals surface area contributed by atoms with E-state index in [0.717, 1.165) is 29.8 Å². The summed E-state index contributed by atoms with van der Waals surface area (Å²) in [4.78, 5) is 14.4. The Hall–Kier alpha value is -2.68. The highest BCUT2D eigenvalue weighted by molar-refractivity contribution is 5.91. The van der Waals surface area contributed by atoms with Crippen LogP contribution < -0.4 is 4.74 Å². The monoisotopic (exact) mass is 429 g/mol. The van der Waals surface area contributed by atoms with Crippen molar-refractivity contribution in [2.24, 2.45) is 7.05 Å². The van der Waals surface area contributed by atoms with Crippen LogP contribution in [0, 0.1) is 0 Å². The Labute approximate surface area is 182 Å². The first-order valence-corrected chi connectivity index (χ1v) is 10.6. The van der Waals surface area contributed by atoms with E-state index < -0.39 is 12.2 Å². The molecule has 3 rings (SSSR count). The minimum atomic E-state index is -0.990. The number of para-hydroxylation sites is 1. The van der Waals surface area contributed by atoms with E-state index in [9.17, 15) is 15.0 Å². The van der Waals surface area contributed by atoms with Gasteiger partial charge < -0.3 is 24.6 Å². The van der Waals surface area contributed by atoms with Crippen LogP contribution in [0.2, 0.25) is 0 Å². The van der Waals surface area contributed by atoms with Crippen LogP contribution in [0.15, 0.2) is 42.6 Å². The third-order valence-electron chi connectivity index (χ3n) is 5.32. The van der Waals surface area contributed by atoms with Gasteiger partial charge in [-0.2, -0.15) is 5.10 Å². The molecule has 8 heteroatoms. The number of carbonyl (C=O) groups excluding carboxylic acids is 1. The summed E-state index contributed by atoms with van der Waals surface area (Å²) >= 11 is 0. The fraction of sp³-hybridized carbons (Fsp3) is 0.478. The summed E-state index contributed by atoms with van der Waals surface area (Å²) in [6.45, 7) is 1.53. The lowest BCUT2D eigenvalue weighted by Gasteiger charge is -2.24. The normalized spacial score (nSPS) is 21.7. The molecule has 1 aromatic heterocycles. The SMILES string of the molecule is Cn1nccc1/C=C/C(=O)N1CCOc2ccccc2CCCOC[C@@H](O)[C@@H](O)CC1. The number of hydrogen-bond acceptors (Lipinski definition) is 6. The summed E-state index contributed by atoms with van der Waals surface area (Å²) in [6.07, 6.45) is 4.71. The van der Waals surface area contributed by atoms with E-state index in [1.807, 2.05) is 30.3 Å². The van der Waals surface area contributed by atoms with Gasteiger partial charge in [0, 0.05) is 32.5 Å². The molecule has 2 N–H and O–H groups in total. The molecule has 0 bridgehead atoms. The van der Waals surface area contributed by atoms with Crippen LogP contribution in [-0.2, 0) is 23.0 Å². The molecule has 0 saturated heterocycles. The predicted octanol–water partition coefficient (Wildman–Crippen LogP) is 1.42. The Bertz CT molecular complexity index is 866. The fourth-order valence-corrected chi connectivity index (χ4v) is 3.42. The molecule has 8 nitrogen and oxygen atoms in total. The van der Waals surface area contributed by atoms with E-state index in [1.54, 1.807) is 28.9 Å². The zero-order valence-corrected chi connectivity index (χ0v) is 17.9. The minimum absolute atomic E-state index is 0.0631. The van der Waals surface area contributed by atoms with Crippen LogP contribution in [-0.4, -0.2) is 75.9 Å². The molecule has 0 unspecified atom stereocenters. The molecule has 0 spiro atoms. The second-order valence-electron chi connectivity index (χ2n) is 7.60. The van der Waals surface area contributed by atoms with Gasteiger partial charge in [-0.3, -0.25) is 9.48 Å². The van der Waals surface area contributed by atoms with Crippen molar-refractivity contribution in [2.75, 3.05) is 32.9 Å². The van der Waals surface area contributed by atoms with Crippen LogP contribution in [0.3, 0.4) is 0 Å². The number of aromatic nitrogens is 2. The molecule has 1 aliphatic rings. The molecule has 0 radical (unpaired) electrons. The van der Waals surface area contributed by atoms with Gasteiger partial charge in [-0.25, -0.2) is 0 Å². The smallest absolute Gasteiger partial charge is 0.246 e. The number of rotatable bonds is 2. The molecule has 168 valence electrons. The van der Waals surface area contributed by atoms with Crippen LogP contribution >= 0.6 is 0 Å². The molecule has 2 aromatic rings. The van der Waals surface area contributed by atoms with Crippen LogP contribution in [0.5, 0.6) is 5.75 Å². The van der Waals surface area contributed by atoms with Crippen molar-refractivity contribution in [3.8, 4) is 5.75 Å². The topological polar surface area (TPSA) is 97.1 Å². The van der Waals surface area contributed by atoms with Gasteiger partial charge in [-0.1, -0.05) is 18.2 Å². The third-order valence-corrected chi connectivity index (χ3v) is 5.32. The number of ether oxygens (including phenoxy) is 2. The number of aliphatic hydroxyl groups excluding tert-OH is 2. The molecule has 1 aliphatic heterocycles. The second-order valence-corrected chi connectivity index (χ2v) is 7.60. The maximum atomic E-state index is 12.8. The predicted molar refractivity (Wildman–Crippen MR) is 117 cm³/mol. The zero-order valence-electron chi connectivity index (χ0n) is 17.9. The maximum Gasteiger partial charge on any atom is 0.246 e. The molecule has 0 aliphatic carbocycles. The van der Waals surface area contributed by atoms with Gasteiger partial charge in [0.25, 0.3) is 0 Å². The standard InChI is InChI=1S/C23H31N3O5/c1-25-19(10-12-24-25)8-9-23(29)26-13-11-20(27)21(28)17-30-15-4-6-18-5-2-3-7-22(18)31-16-14-26/h2-3,5,7-10,12,20-21,27-28H,4,6,11,13-17H2,1H3/b9-8+/t20-,21+/m0/s1. The quantitative estimate of drug-likeness (QED) is 0.701. The number of aryl methyl sites for hydroxylation is 2. The Morgan fingerprint density at radius 2 is 2.00 bits per heavy atom. The Balaban J connectivity index is 1.71. The summed E-state index contributed by atoms with van der Waals surface area (Å²) < 4.78 is 13.2.